The first-order valence-electron chi connectivity index (χ1n) is 5.02. The van der Waals surface area contributed by atoms with Crippen LogP contribution in [0.15, 0.2) is 0 Å². The zero-order valence-electron chi connectivity index (χ0n) is 8.14. The van der Waals surface area contributed by atoms with Crippen LogP contribution < -0.4 is 0 Å². The van der Waals surface area contributed by atoms with Crippen LogP contribution in [0.3, 0.4) is 0 Å². The van der Waals surface area contributed by atoms with Crippen molar-refractivity contribution in [3.05, 3.63) is 0 Å². The van der Waals surface area contributed by atoms with Gasteiger partial charge in [0.2, 0.25) is 0 Å². The summed E-state index contributed by atoms with van der Waals surface area (Å²) in [7, 11) is 0. The summed E-state index contributed by atoms with van der Waals surface area (Å²) in [4.78, 5) is 0. The third-order valence-electron chi connectivity index (χ3n) is 3.36. The first kappa shape index (κ1) is 9.94. The van der Waals surface area contributed by atoms with E-state index in [1.165, 1.54) is 12.8 Å². The summed E-state index contributed by atoms with van der Waals surface area (Å²) in [5.41, 5.74) is 0.459. The Morgan fingerprint density at radius 1 is 1.08 bits per heavy atom. The summed E-state index contributed by atoms with van der Waals surface area (Å²) in [6, 6.07) is 0. The maximum Gasteiger partial charge on any atom is 0.168 e. The molecule has 0 amide bonds. The van der Waals surface area contributed by atoms with Crippen molar-refractivity contribution in [1.29, 1.82) is 0 Å². The van der Waals surface area contributed by atoms with Crippen LogP contribution in [0.25, 0.3) is 0 Å². The highest BCUT2D eigenvalue weighted by molar-refractivity contribution is 9.09. The zero-order valence-corrected chi connectivity index (χ0v) is 9.73. The van der Waals surface area contributed by atoms with Gasteiger partial charge in [0, 0.05) is 18.2 Å². The first-order valence-corrected chi connectivity index (χ1v) is 6.14. The Balaban J connectivity index is 1.95. The number of rotatable bonds is 1. The van der Waals surface area contributed by atoms with Crippen LogP contribution >= 0.6 is 15.9 Å². The van der Waals surface area contributed by atoms with Crippen LogP contribution in [0, 0.1) is 5.41 Å². The number of alkyl halides is 1. The monoisotopic (exact) mass is 248 g/mol. The molecule has 0 unspecified atom stereocenters. The van der Waals surface area contributed by atoms with Gasteiger partial charge in [0.15, 0.2) is 5.79 Å². The summed E-state index contributed by atoms with van der Waals surface area (Å²) in [6.07, 6.45) is 4.54. The summed E-state index contributed by atoms with van der Waals surface area (Å²) in [6.45, 7) is 3.90. The Hall–Kier alpha value is 0.400. The smallest absolute Gasteiger partial charge is 0.168 e. The van der Waals surface area contributed by atoms with Crippen LogP contribution in [-0.2, 0) is 9.47 Å². The molecule has 1 aliphatic carbocycles. The minimum Gasteiger partial charge on any atom is -0.348 e. The molecule has 2 aliphatic rings. The van der Waals surface area contributed by atoms with Crippen molar-refractivity contribution < 1.29 is 9.47 Å². The van der Waals surface area contributed by atoms with Gasteiger partial charge in [-0.3, -0.25) is 0 Å². The molecule has 2 nitrogen and oxygen atoms in total. The zero-order chi connectivity index (χ0) is 9.36. The molecule has 0 bridgehead atoms. The van der Waals surface area contributed by atoms with Gasteiger partial charge in [-0.05, 0) is 18.3 Å². The van der Waals surface area contributed by atoms with Crippen LogP contribution in [0.1, 0.15) is 32.6 Å². The van der Waals surface area contributed by atoms with Crippen molar-refractivity contribution >= 4 is 15.9 Å². The predicted molar refractivity (Wildman–Crippen MR) is 55.0 cm³/mol. The van der Waals surface area contributed by atoms with Crippen LogP contribution in [0.2, 0.25) is 0 Å². The minimum absolute atomic E-state index is 0.193. The predicted octanol–water partition coefficient (Wildman–Crippen LogP) is 2.70. The molecule has 76 valence electrons. The fourth-order valence-corrected chi connectivity index (χ4v) is 2.71. The van der Waals surface area contributed by atoms with E-state index in [0.717, 1.165) is 31.4 Å². The maximum atomic E-state index is 5.68. The maximum absolute atomic E-state index is 5.68. The lowest BCUT2D eigenvalue weighted by Crippen LogP contribution is -2.39. The molecule has 2 fully saturated rings. The molecule has 0 N–H and O–H groups in total. The minimum atomic E-state index is -0.193. The average molecular weight is 249 g/mol. The van der Waals surface area contributed by atoms with Crippen LogP contribution in [0.5, 0.6) is 0 Å². The Labute approximate surface area is 88.1 Å². The molecule has 3 heteroatoms. The lowest BCUT2D eigenvalue weighted by molar-refractivity contribution is -0.188. The number of halogens is 1. The molecule has 1 aliphatic heterocycles. The lowest BCUT2D eigenvalue weighted by Gasteiger charge is -2.40. The summed E-state index contributed by atoms with van der Waals surface area (Å²) in [5, 5.41) is 1.09. The van der Waals surface area contributed by atoms with E-state index < -0.39 is 0 Å². The molecule has 1 heterocycles. The lowest BCUT2D eigenvalue weighted by atomic mass is 9.75. The Kier molecular flexibility index (Phi) is 2.69. The van der Waals surface area contributed by atoms with Crippen LogP contribution in [-0.4, -0.2) is 24.3 Å². The highest BCUT2D eigenvalue weighted by atomic mass is 79.9. The number of ether oxygens (including phenoxy) is 2. The Morgan fingerprint density at radius 2 is 1.62 bits per heavy atom. The summed E-state index contributed by atoms with van der Waals surface area (Å²) in [5.74, 6) is -0.193. The van der Waals surface area contributed by atoms with Gasteiger partial charge in [-0.2, -0.15) is 0 Å². The molecule has 0 radical (unpaired) electrons. The van der Waals surface area contributed by atoms with Gasteiger partial charge in [0.25, 0.3) is 0 Å². The van der Waals surface area contributed by atoms with Crippen molar-refractivity contribution in [2.75, 3.05) is 18.5 Å². The van der Waals surface area contributed by atoms with E-state index >= 15 is 0 Å². The second-order valence-electron chi connectivity index (χ2n) is 4.55. The molecule has 0 aromatic heterocycles. The topological polar surface area (TPSA) is 18.5 Å². The molecule has 0 aromatic rings. The van der Waals surface area contributed by atoms with Gasteiger partial charge in [-0.25, -0.2) is 0 Å². The van der Waals surface area contributed by atoms with Crippen molar-refractivity contribution in [1.82, 2.24) is 0 Å². The molecule has 13 heavy (non-hydrogen) atoms. The van der Waals surface area contributed by atoms with E-state index in [-0.39, 0.29) is 5.79 Å². The van der Waals surface area contributed by atoms with Crippen molar-refractivity contribution in [2.24, 2.45) is 5.41 Å². The molecule has 0 atom stereocenters. The van der Waals surface area contributed by atoms with Crippen molar-refractivity contribution in [2.45, 2.75) is 38.4 Å². The fourth-order valence-electron chi connectivity index (χ4n) is 2.15. The van der Waals surface area contributed by atoms with Gasteiger partial charge >= 0.3 is 0 Å². The van der Waals surface area contributed by atoms with Crippen LogP contribution in [0.4, 0.5) is 0 Å². The highest BCUT2D eigenvalue weighted by Crippen LogP contribution is 2.45. The van der Waals surface area contributed by atoms with Gasteiger partial charge in [0.05, 0.1) is 13.2 Å². The molecule has 1 saturated heterocycles. The van der Waals surface area contributed by atoms with Crippen molar-refractivity contribution in [3.8, 4) is 0 Å². The van der Waals surface area contributed by atoms with E-state index in [1.807, 2.05) is 0 Å². The van der Waals surface area contributed by atoms with E-state index in [0.29, 0.717) is 5.41 Å². The van der Waals surface area contributed by atoms with E-state index in [4.69, 9.17) is 9.47 Å². The van der Waals surface area contributed by atoms with Gasteiger partial charge < -0.3 is 9.47 Å². The van der Waals surface area contributed by atoms with Gasteiger partial charge in [-0.15, -0.1) is 0 Å². The third kappa shape index (κ3) is 1.92. The fraction of sp³-hybridized carbons (Fsp3) is 1.00. The van der Waals surface area contributed by atoms with E-state index in [9.17, 15) is 0 Å². The van der Waals surface area contributed by atoms with Crippen molar-refractivity contribution in [3.63, 3.8) is 0 Å². The quantitative estimate of drug-likeness (QED) is 0.665. The first-order chi connectivity index (χ1) is 6.18. The number of hydrogen-bond donors (Lipinski definition) is 0. The molecule has 1 spiro atoms. The molecule has 2 rings (SSSR count). The molecule has 1 saturated carbocycles. The highest BCUT2D eigenvalue weighted by Gasteiger charge is 2.43. The average Bonchev–Trinajstić information content (AvgIpc) is 2.61. The summed E-state index contributed by atoms with van der Waals surface area (Å²) < 4.78 is 11.4. The largest absolute Gasteiger partial charge is 0.348 e. The Morgan fingerprint density at radius 3 is 2.08 bits per heavy atom. The molecular formula is C10H17BrO2. The number of hydrogen-bond acceptors (Lipinski definition) is 2. The second kappa shape index (κ2) is 3.52. The van der Waals surface area contributed by atoms with E-state index in [2.05, 4.69) is 22.9 Å². The van der Waals surface area contributed by atoms with Gasteiger partial charge in [0.1, 0.15) is 0 Å². The SMILES string of the molecule is CC1(CBr)CCC2(CC1)OCCO2. The third-order valence-corrected chi connectivity index (χ3v) is 4.71. The Bertz CT molecular complexity index is 177. The second-order valence-corrected chi connectivity index (χ2v) is 5.11. The standard InChI is InChI=1S/C10H17BrO2/c1-9(8-11)2-4-10(5-3-9)12-6-7-13-10/h2-8H2,1H3. The molecule has 0 aromatic carbocycles. The molecular weight excluding hydrogens is 232 g/mol. The normalized spacial score (nSPS) is 30.9. The summed E-state index contributed by atoms with van der Waals surface area (Å²) >= 11 is 3.58. The van der Waals surface area contributed by atoms with E-state index in [1.54, 1.807) is 0 Å². The van der Waals surface area contributed by atoms with Gasteiger partial charge in [-0.1, -0.05) is 22.9 Å².